The Hall–Kier alpha value is -0.540. The molecule has 0 saturated carbocycles. The van der Waals surface area contributed by atoms with Crippen LogP contribution in [0.25, 0.3) is 0 Å². The van der Waals surface area contributed by atoms with Crippen LogP contribution >= 0.6 is 12.4 Å². The quantitative estimate of drug-likeness (QED) is 0.697. The van der Waals surface area contributed by atoms with Crippen LogP contribution in [0.15, 0.2) is 11.1 Å². The molecule has 1 heterocycles. The van der Waals surface area contributed by atoms with E-state index >= 15 is 0 Å². The number of hydrogen-bond donors (Lipinski definition) is 1. The summed E-state index contributed by atoms with van der Waals surface area (Å²) in [5.74, 6) is 0.194. The average Bonchev–Trinajstić information content (AvgIpc) is 2.16. The standard InChI is InChI=1S/C11H20N2O.ClH/c1-8(2)10(4)11(14)13-6-5-12-7-9(13)3;/h9,12H,5-7H2,1-4H3;1H. The van der Waals surface area contributed by atoms with Crippen LogP contribution in [-0.4, -0.2) is 36.5 Å². The maximum Gasteiger partial charge on any atom is 0.249 e. The number of piperazine rings is 1. The van der Waals surface area contributed by atoms with Crippen LogP contribution in [0.3, 0.4) is 0 Å². The zero-order valence-corrected chi connectivity index (χ0v) is 10.8. The Morgan fingerprint density at radius 2 is 1.93 bits per heavy atom. The van der Waals surface area contributed by atoms with Crippen LogP contribution in [0.4, 0.5) is 0 Å². The molecular weight excluding hydrogens is 212 g/mol. The van der Waals surface area contributed by atoms with Crippen molar-refractivity contribution < 1.29 is 4.79 Å². The molecule has 0 aromatic rings. The molecule has 0 aliphatic carbocycles. The molecule has 0 radical (unpaired) electrons. The lowest BCUT2D eigenvalue weighted by Crippen LogP contribution is -2.52. The molecule has 1 saturated heterocycles. The van der Waals surface area contributed by atoms with Crippen LogP contribution < -0.4 is 5.32 Å². The third-order valence-corrected chi connectivity index (χ3v) is 2.83. The molecule has 1 unspecified atom stereocenters. The maximum absolute atomic E-state index is 12.0. The second-order valence-electron chi connectivity index (χ2n) is 4.18. The van der Waals surface area contributed by atoms with Crippen molar-refractivity contribution in [3.05, 3.63) is 11.1 Å². The van der Waals surface area contributed by atoms with Crippen molar-refractivity contribution >= 4 is 18.3 Å². The summed E-state index contributed by atoms with van der Waals surface area (Å²) in [5, 5.41) is 3.28. The van der Waals surface area contributed by atoms with Crippen molar-refractivity contribution in [1.82, 2.24) is 10.2 Å². The summed E-state index contributed by atoms with van der Waals surface area (Å²) in [6.07, 6.45) is 0. The van der Waals surface area contributed by atoms with Crippen LogP contribution in [0, 0.1) is 0 Å². The van der Waals surface area contributed by atoms with Gasteiger partial charge in [0, 0.05) is 31.2 Å². The molecule has 0 spiro atoms. The number of nitrogens with zero attached hydrogens (tertiary/aromatic N) is 1. The zero-order valence-electron chi connectivity index (χ0n) is 9.96. The van der Waals surface area contributed by atoms with Crippen molar-refractivity contribution in [2.75, 3.05) is 19.6 Å². The van der Waals surface area contributed by atoms with Gasteiger partial charge in [-0.1, -0.05) is 5.57 Å². The molecule has 0 bridgehead atoms. The normalized spacial score (nSPS) is 20.5. The highest BCUT2D eigenvalue weighted by Crippen LogP contribution is 2.11. The van der Waals surface area contributed by atoms with Gasteiger partial charge in [-0.05, 0) is 27.7 Å². The molecule has 1 aliphatic rings. The summed E-state index contributed by atoms with van der Waals surface area (Å²) in [5.41, 5.74) is 2.00. The van der Waals surface area contributed by atoms with E-state index in [0.29, 0.717) is 6.04 Å². The highest BCUT2D eigenvalue weighted by Gasteiger charge is 2.23. The van der Waals surface area contributed by atoms with E-state index < -0.39 is 0 Å². The van der Waals surface area contributed by atoms with Gasteiger partial charge in [-0.3, -0.25) is 4.79 Å². The van der Waals surface area contributed by atoms with Gasteiger partial charge in [-0.2, -0.15) is 0 Å². The lowest BCUT2D eigenvalue weighted by atomic mass is 10.1. The van der Waals surface area contributed by atoms with Crippen molar-refractivity contribution in [3.8, 4) is 0 Å². The number of carbonyl (C=O) groups excluding carboxylic acids is 1. The second kappa shape index (κ2) is 6.13. The first-order valence-electron chi connectivity index (χ1n) is 5.19. The minimum absolute atomic E-state index is 0. The minimum atomic E-state index is 0. The lowest BCUT2D eigenvalue weighted by molar-refractivity contribution is -0.129. The fraction of sp³-hybridized carbons (Fsp3) is 0.727. The van der Waals surface area contributed by atoms with Gasteiger partial charge < -0.3 is 10.2 Å². The molecule has 1 atom stereocenters. The van der Waals surface area contributed by atoms with Crippen molar-refractivity contribution in [3.63, 3.8) is 0 Å². The highest BCUT2D eigenvalue weighted by atomic mass is 35.5. The Kier molecular flexibility index (Phi) is 5.91. The molecule has 88 valence electrons. The Labute approximate surface area is 98.3 Å². The zero-order chi connectivity index (χ0) is 10.7. The van der Waals surface area contributed by atoms with E-state index in [1.54, 1.807) is 0 Å². The summed E-state index contributed by atoms with van der Waals surface area (Å²) in [6.45, 7) is 10.6. The molecule has 1 rings (SSSR count). The maximum atomic E-state index is 12.0. The SMILES string of the molecule is CC(C)=C(C)C(=O)N1CCNCC1C.Cl. The predicted octanol–water partition coefficient (Wildman–Crippen LogP) is 1.58. The van der Waals surface area contributed by atoms with E-state index in [4.69, 9.17) is 0 Å². The number of halogens is 1. The van der Waals surface area contributed by atoms with Gasteiger partial charge in [0.05, 0.1) is 0 Å². The first-order valence-corrected chi connectivity index (χ1v) is 5.19. The van der Waals surface area contributed by atoms with Crippen LogP contribution in [0.1, 0.15) is 27.7 Å². The number of allylic oxidation sites excluding steroid dienone is 1. The molecule has 0 aromatic heterocycles. The van der Waals surface area contributed by atoms with E-state index in [1.807, 2.05) is 25.7 Å². The predicted molar refractivity (Wildman–Crippen MR) is 65.3 cm³/mol. The number of hydrogen-bond acceptors (Lipinski definition) is 2. The largest absolute Gasteiger partial charge is 0.334 e. The Morgan fingerprint density at radius 1 is 1.33 bits per heavy atom. The van der Waals surface area contributed by atoms with Gasteiger partial charge in [0.15, 0.2) is 0 Å². The molecule has 15 heavy (non-hydrogen) atoms. The fourth-order valence-corrected chi connectivity index (χ4v) is 1.57. The monoisotopic (exact) mass is 232 g/mol. The van der Waals surface area contributed by atoms with Crippen LogP contribution in [0.2, 0.25) is 0 Å². The van der Waals surface area contributed by atoms with Crippen molar-refractivity contribution in [2.24, 2.45) is 0 Å². The Bertz CT molecular complexity index is 259. The molecule has 1 amide bonds. The Balaban J connectivity index is 0.00000196. The first kappa shape index (κ1) is 14.5. The second-order valence-corrected chi connectivity index (χ2v) is 4.18. The topological polar surface area (TPSA) is 32.3 Å². The van der Waals surface area contributed by atoms with Gasteiger partial charge in [0.2, 0.25) is 5.91 Å². The number of rotatable bonds is 1. The Morgan fingerprint density at radius 3 is 2.40 bits per heavy atom. The molecule has 4 heteroatoms. The first-order chi connectivity index (χ1) is 6.54. The third kappa shape index (κ3) is 3.50. The lowest BCUT2D eigenvalue weighted by Gasteiger charge is -2.34. The molecule has 3 nitrogen and oxygen atoms in total. The van der Waals surface area contributed by atoms with E-state index in [9.17, 15) is 4.79 Å². The number of carbonyl (C=O) groups is 1. The van der Waals surface area contributed by atoms with Gasteiger partial charge in [-0.15, -0.1) is 12.4 Å². The van der Waals surface area contributed by atoms with E-state index in [0.717, 1.165) is 30.8 Å². The molecule has 0 aromatic carbocycles. The summed E-state index contributed by atoms with van der Waals surface area (Å²) >= 11 is 0. The summed E-state index contributed by atoms with van der Waals surface area (Å²) in [7, 11) is 0. The van der Waals surface area contributed by atoms with Crippen LogP contribution in [0.5, 0.6) is 0 Å². The smallest absolute Gasteiger partial charge is 0.249 e. The van der Waals surface area contributed by atoms with Crippen molar-refractivity contribution in [2.45, 2.75) is 33.7 Å². The van der Waals surface area contributed by atoms with Gasteiger partial charge >= 0.3 is 0 Å². The molecule has 1 N–H and O–H groups in total. The summed E-state index contributed by atoms with van der Waals surface area (Å²) in [6, 6.07) is 0.311. The van der Waals surface area contributed by atoms with E-state index in [2.05, 4.69) is 12.2 Å². The minimum Gasteiger partial charge on any atom is -0.334 e. The average molecular weight is 233 g/mol. The highest BCUT2D eigenvalue weighted by molar-refractivity contribution is 5.93. The summed E-state index contributed by atoms with van der Waals surface area (Å²) in [4.78, 5) is 13.9. The van der Waals surface area contributed by atoms with Gasteiger partial charge in [0.25, 0.3) is 0 Å². The van der Waals surface area contributed by atoms with Gasteiger partial charge in [-0.25, -0.2) is 0 Å². The third-order valence-electron chi connectivity index (χ3n) is 2.83. The molecular formula is C11H21ClN2O. The van der Waals surface area contributed by atoms with Crippen molar-refractivity contribution in [1.29, 1.82) is 0 Å². The fourth-order valence-electron chi connectivity index (χ4n) is 1.57. The van der Waals surface area contributed by atoms with E-state index in [-0.39, 0.29) is 18.3 Å². The molecule has 1 aliphatic heterocycles. The summed E-state index contributed by atoms with van der Waals surface area (Å²) < 4.78 is 0. The number of nitrogens with one attached hydrogen (secondary N) is 1. The van der Waals surface area contributed by atoms with E-state index in [1.165, 1.54) is 0 Å². The number of amides is 1. The van der Waals surface area contributed by atoms with Gasteiger partial charge in [0.1, 0.15) is 0 Å². The van der Waals surface area contributed by atoms with Crippen LogP contribution in [-0.2, 0) is 4.79 Å². The molecule has 1 fully saturated rings.